The van der Waals surface area contributed by atoms with Crippen LogP contribution in [0.25, 0.3) is 10.2 Å². The van der Waals surface area contributed by atoms with Crippen molar-refractivity contribution < 1.29 is 4.79 Å². The molecule has 5 rings (SSSR count). The monoisotopic (exact) mass is 448 g/mol. The standard InChI is InChI=1S/C26H32N4OS/c1-4-18(3)23-27-24(22-20-7-5-6-8-21(20)32-25(22)28-23)29-13-15-30(16-14-29)26(31)19-11-9-17(2)10-12-19/h9-12,18H,4-8,13-16H2,1-3H3/t18-/m1/s1. The Bertz CT molecular complexity index is 1130. The van der Waals surface area contributed by atoms with Crippen LogP contribution in [0.2, 0.25) is 0 Å². The third-order valence-electron chi connectivity index (χ3n) is 7.03. The number of hydrogen-bond donors (Lipinski definition) is 0. The van der Waals surface area contributed by atoms with E-state index in [1.807, 2.05) is 47.4 Å². The molecule has 6 heteroatoms. The van der Waals surface area contributed by atoms with Crippen LogP contribution in [-0.4, -0.2) is 47.0 Å². The van der Waals surface area contributed by atoms with Crippen molar-refractivity contribution in [1.29, 1.82) is 0 Å². The van der Waals surface area contributed by atoms with E-state index >= 15 is 0 Å². The smallest absolute Gasteiger partial charge is 0.253 e. The van der Waals surface area contributed by atoms with Crippen molar-refractivity contribution in [3.63, 3.8) is 0 Å². The summed E-state index contributed by atoms with van der Waals surface area (Å²) in [4.78, 5) is 30.2. The van der Waals surface area contributed by atoms with Crippen LogP contribution in [0.3, 0.4) is 0 Å². The summed E-state index contributed by atoms with van der Waals surface area (Å²) in [6, 6.07) is 7.90. The predicted octanol–water partition coefficient (Wildman–Crippen LogP) is 5.35. The fourth-order valence-electron chi connectivity index (χ4n) is 4.79. The van der Waals surface area contributed by atoms with E-state index in [1.165, 1.54) is 40.7 Å². The van der Waals surface area contributed by atoms with Crippen LogP contribution in [0, 0.1) is 6.92 Å². The Balaban J connectivity index is 1.43. The third-order valence-corrected chi connectivity index (χ3v) is 8.22. The number of nitrogens with zero attached hydrogens (tertiary/aromatic N) is 4. The van der Waals surface area contributed by atoms with E-state index in [1.54, 1.807) is 0 Å². The number of aromatic nitrogens is 2. The second-order valence-electron chi connectivity index (χ2n) is 9.25. The molecule has 32 heavy (non-hydrogen) atoms. The third kappa shape index (κ3) is 3.90. The molecule has 1 aliphatic heterocycles. The number of hydrogen-bond acceptors (Lipinski definition) is 5. The molecule has 0 bridgehead atoms. The Hall–Kier alpha value is -2.47. The van der Waals surface area contributed by atoms with Gasteiger partial charge in [-0.15, -0.1) is 11.3 Å². The summed E-state index contributed by atoms with van der Waals surface area (Å²) >= 11 is 1.88. The Kier molecular flexibility index (Phi) is 5.89. The summed E-state index contributed by atoms with van der Waals surface area (Å²) in [5.74, 6) is 2.55. The summed E-state index contributed by atoms with van der Waals surface area (Å²) in [6.07, 6.45) is 5.88. The molecule has 3 aromatic rings. The minimum atomic E-state index is 0.130. The fourth-order valence-corrected chi connectivity index (χ4v) is 6.05. The minimum absolute atomic E-state index is 0.130. The molecule has 0 radical (unpaired) electrons. The maximum atomic E-state index is 13.0. The van der Waals surface area contributed by atoms with Gasteiger partial charge in [-0.25, -0.2) is 9.97 Å². The zero-order valence-corrected chi connectivity index (χ0v) is 20.2. The van der Waals surface area contributed by atoms with Crippen LogP contribution in [-0.2, 0) is 12.8 Å². The molecule has 1 aliphatic carbocycles. The van der Waals surface area contributed by atoms with Crippen LogP contribution in [0.4, 0.5) is 5.82 Å². The molecule has 1 amide bonds. The molecular formula is C26H32N4OS. The normalized spacial score (nSPS) is 17.5. The van der Waals surface area contributed by atoms with Gasteiger partial charge in [0.15, 0.2) is 0 Å². The molecule has 3 heterocycles. The Morgan fingerprint density at radius 2 is 1.78 bits per heavy atom. The number of carbonyl (C=O) groups is 1. The van der Waals surface area contributed by atoms with Gasteiger partial charge in [0.1, 0.15) is 16.5 Å². The quantitative estimate of drug-likeness (QED) is 0.539. The van der Waals surface area contributed by atoms with Gasteiger partial charge < -0.3 is 9.80 Å². The molecule has 0 spiro atoms. The molecule has 0 N–H and O–H groups in total. The highest BCUT2D eigenvalue weighted by Gasteiger charge is 2.28. The van der Waals surface area contributed by atoms with Crippen molar-refractivity contribution in [3.8, 4) is 0 Å². The molecule has 1 atom stereocenters. The van der Waals surface area contributed by atoms with Gasteiger partial charge in [0.2, 0.25) is 0 Å². The topological polar surface area (TPSA) is 49.3 Å². The second kappa shape index (κ2) is 8.81. The number of rotatable bonds is 4. The van der Waals surface area contributed by atoms with Gasteiger partial charge in [0.25, 0.3) is 5.91 Å². The molecule has 1 fully saturated rings. The van der Waals surface area contributed by atoms with E-state index < -0.39 is 0 Å². The Morgan fingerprint density at radius 3 is 2.50 bits per heavy atom. The maximum absolute atomic E-state index is 13.0. The molecule has 1 aromatic carbocycles. The van der Waals surface area contributed by atoms with Gasteiger partial charge in [-0.3, -0.25) is 4.79 Å². The van der Waals surface area contributed by atoms with Gasteiger partial charge >= 0.3 is 0 Å². The molecular weight excluding hydrogens is 416 g/mol. The molecule has 1 saturated heterocycles. The van der Waals surface area contributed by atoms with Crippen molar-refractivity contribution >= 4 is 33.3 Å². The molecule has 5 nitrogen and oxygen atoms in total. The van der Waals surface area contributed by atoms with Crippen molar-refractivity contribution in [1.82, 2.24) is 14.9 Å². The first-order valence-electron chi connectivity index (χ1n) is 12.0. The van der Waals surface area contributed by atoms with Crippen LogP contribution in [0.5, 0.6) is 0 Å². The number of thiophene rings is 1. The number of aryl methyl sites for hydroxylation is 3. The Labute approximate surface area is 194 Å². The minimum Gasteiger partial charge on any atom is -0.352 e. The lowest BCUT2D eigenvalue weighted by Crippen LogP contribution is -2.49. The number of piperazine rings is 1. The van der Waals surface area contributed by atoms with Gasteiger partial charge in [0.05, 0.1) is 5.39 Å². The first kappa shape index (κ1) is 21.4. The largest absolute Gasteiger partial charge is 0.352 e. The SMILES string of the molecule is CC[C@@H](C)c1nc(N2CCN(C(=O)c3ccc(C)cc3)CC2)c2c3c(sc2n1)CCCC3. The highest BCUT2D eigenvalue weighted by Crippen LogP contribution is 2.40. The number of anilines is 1. The number of benzene rings is 1. The van der Waals surface area contributed by atoms with E-state index in [-0.39, 0.29) is 5.91 Å². The van der Waals surface area contributed by atoms with Crippen molar-refractivity contribution in [2.45, 2.75) is 58.8 Å². The molecule has 2 aliphatic rings. The van der Waals surface area contributed by atoms with Gasteiger partial charge in [0, 0.05) is 42.5 Å². The summed E-state index contributed by atoms with van der Waals surface area (Å²) in [6.45, 7) is 9.55. The van der Waals surface area contributed by atoms with Crippen molar-refractivity contribution in [3.05, 3.63) is 51.7 Å². The molecule has 168 valence electrons. The molecule has 0 saturated carbocycles. The molecule has 0 unspecified atom stereocenters. The van der Waals surface area contributed by atoms with E-state index in [0.29, 0.717) is 5.92 Å². The Morgan fingerprint density at radius 1 is 1.06 bits per heavy atom. The van der Waals surface area contributed by atoms with Crippen molar-refractivity contribution in [2.75, 3.05) is 31.1 Å². The first-order valence-corrected chi connectivity index (χ1v) is 12.8. The number of carbonyl (C=O) groups excluding carboxylic acids is 1. The van der Waals surface area contributed by atoms with E-state index in [4.69, 9.17) is 9.97 Å². The van der Waals surface area contributed by atoms with Crippen LogP contribution in [0.15, 0.2) is 24.3 Å². The summed E-state index contributed by atoms with van der Waals surface area (Å²) < 4.78 is 0. The van der Waals surface area contributed by atoms with E-state index in [0.717, 1.165) is 61.1 Å². The van der Waals surface area contributed by atoms with Crippen molar-refractivity contribution in [2.24, 2.45) is 0 Å². The zero-order valence-electron chi connectivity index (χ0n) is 19.4. The molecule has 2 aromatic heterocycles. The average Bonchev–Trinajstić information content (AvgIpc) is 3.21. The summed E-state index contributed by atoms with van der Waals surface area (Å²) in [5, 5.41) is 1.29. The van der Waals surface area contributed by atoms with E-state index in [2.05, 4.69) is 18.7 Å². The van der Waals surface area contributed by atoms with Crippen LogP contribution >= 0.6 is 11.3 Å². The average molecular weight is 449 g/mol. The lowest BCUT2D eigenvalue weighted by molar-refractivity contribution is 0.0746. The first-order chi connectivity index (χ1) is 15.5. The summed E-state index contributed by atoms with van der Waals surface area (Å²) in [5.41, 5.74) is 3.44. The lowest BCUT2D eigenvalue weighted by atomic mass is 9.96. The van der Waals surface area contributed by atoms with Gasteiger partial charge in [-0.05, 0) is 56.7 Å². The number of amides is 1. The number of fused-ring (bicyclic) bond motifs is 3. The lowest BCUT2D eigenvalue weighted by Gasteiger charge is -2.36. The zero-order chi connectivity index (χ0) is 22.2. The highest BCUT2D eigenvalue weighted by atomic mass is 32.1. The highest BCUT2D eigenvalue weighted by molar-refractivity contribution is 7.19. The predicted molar refractivity (Wildman–Crippen MR) is 132 cm³/mol. The van der Waals surface area contributed by atoms with Gasteiger partial charge in [-0.2, -0.15) is 0 Å². The maximum Gasteiger partial charge on any atom is 0.253 e. The van der Waals surface area contributed by atoms with E-state index in [9.17, 15) is 4.79 Å². The van der Waals surface area contributed by atoms with Crippen LogP contribution < -0.4 is 4.90 Å². The van der Waals surface area contributed by atoms with Crippen LogP contribution in [0.1, 0.15) is 71.2 Å². The second-order valence-corrected chi connectivity index (χ2v) is 10.3. The van der Waals surface area contributed by atoms with Gasteiger partial charge in [-0.1, -0.05) is 31.5 Å². The summed E-state index contributed by atoms with van der Waals surface area (Å²) in [7, 11) is 0. The fraction of sp³-hybridized carbons (Fsp3) is 0.500.